The summed E-state index contributed by atoms with van der Waals surface area (Å²) in [6, 6.07) is 20.8. The number of carbonyl (C=O) groups is 1. The molecule has 31 heavy (non-hydrogen) atoms. The Balaban J connectivity index is 1.36. The highest BCUT2D eigenvalue weighted by Crippen LogP contribution is 2.26. The summed E-state index contributed by atoms with van der Waals surface area (Å²) in [7, 11) is 0. The summed E-state index contributed by atoms with van der Waals surface area (Å²) in [5, 5.41) is 6.59. The van der Waals surface area contributed by atoms with Gasteiger partial charge in [-0.2, -0.15) is 0 Å². The molecule has 0 saturated heterocycles. The van der Waals surface area contributed by atoms with Crippen molar-refractivity contribution in [3.8, 4) is 11.5 Å². The Bertz CT molecular complexity index is 1240. The predicted molar refractivity (Wildman–Crippen MR) is 131 cm³/mol. The van der Waals surface area contributed by atoms with Crippen LogP contribution < -0.4 is 10.6 Å². The maximum atomic E-state index is 12.2. The molecule has 0 radical (unpaired) electrons. The number of thiocarbonyl (C=S) groups is 1. The number of nitrogens with one attached hydrogen (secondary N) is 2. The second kappa shape index (κ2) is 9.51. The van der Waals surface area contributed by atoms with E-state index in [0.717, 1.165) is 10.5 Å². The molecule has 8 heteroatoms. The zero-order valence-electron chi connectivity index (χ0n) is 16.5. The lowest BCUT2D eigenvalue weighted by atomic mass is 10.1. The lowest BCUT2D eigenvalue weighted by Gasteiger charge is -2.09. The molecule has 4 aromatic rings. The third-order valence-corrected chi connectivity index (χ3v) is 5.85. The summed E-state index contributed by atoms with van der Waals surface area (Å²) in [5.41, 5.74) is 4.18. The number of anilines is 1. The smallest absolute Gasteiger partial charge is 0.236 e. The van der Waals surface area contributed by atoms with Crippen LogP contribution in [0.1, 0.15) is 5.56 Å². The van der Waals surface area contributed by atoms with Gasteiger partial charge in [-0.25, -0.2) is 4.98 Å². The summed E-state index contributed by atoms with van der Waals surface area (Å²) >= 11 is 12.5. The fourth-order valence-corrected chi connectivity index (χ4v) is 3.89. The molecule has 1 amide bonds. The number of oxazole rings is 1. The van der Waals surface area contributed by atoms with E-state index >= 15 is 0 Å². The van der Waals surface area contributed by atoms with Crippen molar-refractivity contribution in [3.63, 3.8) is 0 Å². The normalized spacial score (nSPS) is 10.8. The molecule has 3 aromatic carbocycles. The summed E-state index contributed by atoms with van der Waals surface area (Å²) in [6.45, 7) is 2.03. The lowest BCUT2D eigenvalue weighted by molar-refractivity contribution is -0.117. The van der Waals surface area contributed by atoms with Gasteiger partial charge in [-0.05, 0) is 73.7 Å². The van der Waals surface area contributed by atoms with E-state index in [1.165, 1.54) is 17.3 Å². The van der Waals surface area contributed by atoms with Crippen LogP contribution in [0, 0.1) is 6.92 Å². The van der Waals surface area contributed by atoms with Crippen molar-refractivity contribution in [2.75, 3.05) is 11.1 Å². The SMILES string of the molecule is Cc1ccc(-c2nc3cc(NC(=S)NC(=O)CSc4ccc(Cl)cc4)ccc3o2)cc1. The number of amides is 1. The van der Waals surface area contributed by atoms with Gasteiger partial charge in [0.25, 0.3) is 0 Å². The fraction of sp³-hybridized carbons (Fsp3) is 0.0870. The van der Waals surface area contributed by atoms with Gasteiger partial charge < -0.3 is 15.1 Å². The number of hydrogen-bond donors (Lipinski definition) is 2. The Labute approximate surface area is 194 Å². The second-order valence-electron chi connectivity index (χ2n) is 6.81. The number of hydrogen-bond acceptors (Lipinski definition) is 5. The van der Waals surface area contributed by atoms with Crippen LogP contribution in [0.5, 0.6) is 0 Å². The van der Waals surface area contributed by atoms with Gasteiger partial charge >= 0.3 is 0 Å². The number of benzene rings is 3. The molecule has 0 aliphatic carbocycles. The standard InChI is InChI=1S/C23H18ClN3O2S2/c1-14-2-4-15(5-3-14)22-26-19-12-17(8-11-20(19)29-22)25-23(30)27-21(28)13-31-18-9-6-16(24)7-10-18/h2-12H,13H2,1H3,(H2,25,27,28,30). The minimum Gasteiger partial charge on any atom is -0.436 e. The van der Waals surface area contributed by atoms with Crippen molar-refractivity contribution in [3.05, 3.63) is 77.3 Å². The molecule has 0 aliphatic heterocycles. The van der Waals surface area contributed by atoms with E-state index in [2.05, 4.69) is 15.6 Å². The monoisotopic (exact) mass is 467 g/mol. The van der Waals surface area contributed by atoms with Gasteiger partial charge in [0, 0.05) is 21.2 Å². The van der Waals surface area contributed by atoms with Gasteiger partial charge in [0.05, 0.1) is 5.75 Å². The van der Waals surface area contributed by atoms with Crippen LogP contribution in [0.2, 0.25) is 5.02 Å². The number of rotatable bonds is 5. The molecule has 0 spiro atoms. The third kappa shape index (κ3) is 5.64. The summed E-state index contributed by atoms with van der Waals surface area (Å²) in [4.78, 5) is 17.7. The molecule has 2 N–H and O–H groups in total. The molecule has 1 aromatic heterocycles. The van der Waals surface area contributed by atoms with Gasteiger partial charge in [0.2, 0.25) is 11.8 Å². The van der Waals surface area contributed by atoms with Crippen molar-refractivity contribution in [1.29, 1.82) is 0 Å². The zero-order valence-corrected chi connectivity index (χ0v) is 18.9. The molecule has 0 unspecified atom stereocenters. The van der Waals surface area contributed by atoms with Gasteiger partial charge in [-0.15, -0.1) is 11.8 Å². The topological polar surface area (TPSA) is 67.2 Å². The fourth-order valence-electron chi connectivity index (χ4n) is 2.83. The number of aromatic nitrogens is 1. The molecule has 5 nitrogen and oxygen atoms in total. The summed E-state index contributed by atoms with van der Waals surface area (Å²) in [6.07, 6.45) is 0. The zero-order chi connectivity index (χ0) is 21.8. The van der Waals surface area contributed by atoms with Gasteiger partial charge in [0.1, 0.15) is 5.52 Å². The van der Waals surface area contributed by atoms with Crippen LogP contribution in [-0.2, 0) is 4.79 Å². The molecule has 4 rings (SSSR count). The Morgan fingerprint density at radius 3 is 2.58 bits per heavy atom. The van der Waals surface area contributed by atoms with Crippen LogP contribution in [0.3, 0.4) is 0 Å². The highest BCUT2D eigenvalue weighted by atomic mass is 35.5. The maximum Gasteiger partial charge on any atom is 0.236 e. The van der Waals surface area contributed by atoms with E-state index < -0.39 is 0 Å². The average Bonchev–Trinajstić information content (AvgIpc) is 3.17. The molecule has 0 fully saturated rings. The molecule has 0 aliphatic rings. The van der Waals surface area contributed by atoms with E-state index in [1.807, 2.05) is 61.5 Å². The second-order valence-corrected chi connectivity index (χ2v) is 8.71. The van der Waals surface area contributed by atoms with E-state index in [4.69, 9.17) is 28.2 Å². The van der Waals surface area contributed by atoms with Crippen LogP contribution in [-0.4, -0.2) is 21.8 Å². The van der Waals surface area contributed by atoms with Gasteiger partial charge in [-0.3, -0.25) is 4.79 Å². The van der Waals surface area contributed by atoms with E-state index in [9.17, 15) is 4.79 Å². The molecule has 156 valence electrons. The van der Waals surface area contributed by atoms with Crippen molar-refractivity contribution in [1.82, 2.24) is 10.3 Å². The first-order valence-corrected chi connectivity index (χ1v) is 11.2. The van der Waals surface area contributed by atoms with Crippen LogP contribution in [0.25, 0.3) is 22.6 Å². The van der Waals surface area contributed by atoms with E-state index in [-0.39, 0.29) is 16.8 Å². The minimum absolute atomic E-state index is 0.193. The Morgan fingerprint density at radius 1 is 1.10 bits per heavy atom. The highest BCUT2D eigenvalue weighted by molar-refractivity contribution is 8.00. The average molecular weight is 468 g/mol. The molecule has 0 saturated carbocycles. The van der Waals surface area contributed by atoms with Crippen molar-refractivity contribution in [2.24, 2.45) is 0 Å². The Morgan fingerprint density at radius 2 is 1.84 bits per heavy atom. The number of aryl methyl sites for hydroxylation is 1. The summed E-state index contributed by atoms with van der Waals surface area (Å²) < 4.78 is 5.85. The maximum absolute atomic E-state index is 12.2. The first kappa shape index (κ1) is 21.4. The number of carbonyl (C=O) groups excluding carboxylic acids is 1. The number of halogens is 1. The molecule has 0 bridgehead atoms. The number of nitrogens with zero attached hydrogens (tertiary/aromatic N) is 1. The van der Waals surface area contributed by atoms with Crippen molar-refractivity contribution < 1.29 is 9.21 Å². The van der Waals surface area contributed by atoms with Crippen molar-refractivity contribution in [2.45, 2.75) is 11.8 Å². The van der Waals surface area contributed by atoms with E-state index in [0.29, 0.717) is 27.7 Å². The molecular formula is C23H18ClN3O2S2. The summed E-state index contributed by atoms with van der Waals surface area (Å²) in [5.74, 6) is 0.606. The van der Waals surface area contributed by atoms with Crippen LogP contribution in [0.15, 0.2) is 76.0 Å². The van der Waals surface area contributed by atoms with Gasteiger partial charge in [0.15, 0.2) is 10.7 Å². The Hall–Kier alpha value is -2.87. The van der Waals surface area contributed by atoms with Crippen molar-refractivity contribution >= 4 is 63.4 Å². The third-order valence-electron chi connectivity index (χ3n) is 4.38. The van der Waals surface area contributed by atoms with Crippen LogP contribution in [0.4, 0.5) is 5.69 Å². The molecular weight excluding hydrogens is 450 g/mol. The molecule has 1 heterocycles. The minimum atomic E-state index is -0.193. The van der Waals surface area contributed by atoms with Crippen LogP contribution >= 0.6 is 35.6 Å². The van der Waals surface area contributed by atoms with Gasteiger partial charge in [-0.1, -0.05) is 29.3 Å². The first-order chi connectivity index (χ1) is 15.0. The number of fused-ring (bicyclic) bond motifs is 1. The largest absolute Gasteiger partial charge is 0.436 e. The predicted octanol–water partition coefficient (Wildman–Crippen LogP) is 6.06. The quantitative estimate of drug-likeness (QED) is 0.274. The lowest BCUT2D eigenvalue weighted by Crippen LogP contribution is -2.35. The van der Waals surface area contributed by atoms with E-state index in [1.54, 1.807) is 12.1 Å². The first-order valence-electron chi connectivity index (χ1n) is 9.43. The Kier molecular flexibility index (Phi) is 6.56. The highest BCUT2D eigenvalue weighted by Gasteiger charge is 2.10. The number of thioether (sulfide) groups is 1. The molecule has 0 atom stereocenters.